The maximum atomic E-state index is 11.9. The number of nitrogens with zero attached hydrogens (tertiary/aromatic N) is 4. The molecule has 2 N–H and O–H groups in total. The van der Waals surface area contributed by atoms with Gasteiger partial charge in [0.2, 0.25) is 0 Å². The first kappa shape index (κ1) is 19.9. The van der Waals surface area contributed by atoms with E-state index in [1.807, 2.05) is 24.6 Å². The first-order valence-corrected chi connectivity index (χ1v) is 9.44. The molecule has 2 heterocycles. The van der Waals surface area contributed by atoms with Crippen molar-refractivity contribution in [3.8, 4) is 0 Å². The second kappa shape index (κ2) is 9.91. The number of imidazole rings is 1. The van der Waals surface area contributed by atoms with E-state index in [2.05, 4.69) is 25.6 Å². The summed E-state index contributed by atoms with van der Waals surface area (Å²) in [7, 11) is 1.73. The van der Waals surface area contributed by atoms with E-state index >= 15 is 0 Å². The third-order valence-electron chi connectivity index (χ3n) is 3.67. The number of ether oxygens (including phenoxy) is 1. The summed E-state index contributed by atoms with van der Waals surface area (Å²) < 4.78 is 7.11. The molecule has 0 saturated heterocycles. The molecule has 2 aromatic rings. The highest BCUT2D eigenvalue weighted by atomic mass is 32.1. The fraction of sp³-hybridized carbons (Fsp3) is 0.529. The number of hydrogen-bond acceptors (Lipinski definition) is 6. The Balaban J connectivity index is 1.85. The van der Waals surface area contributed by atoms with Crippen molar-refractivity contribution in [3.63, 3.8) is 0 Å². The van der Waals surface area contributed by atoms with Gasteiger partial charge in [-0.3, -0.25) is 4.99 Å². The zero-order valence-electron chi connectivity index (χ0n) is 15.7. The zero-order chi connectivity index (χ0) is 18.9. The number of guanidine groups is 1. The number of aryl methyl sites for hydroxylation is 2. The van der Waals surface area contributed by atoms with Crippen molar-refractivity contribution in [2.75, 3.05) is 20.2 Å². The Hall–Kier alpha value is -2.42. The smallest absolute Gasteiger partial charge is 0.350 e. The topological polar surface area (TPSA) is 93.4 Å². The molecule has 26 heavy (non-hydrogen) atoms. The van der Waals surface area contributed by atoms with Crippen LogP contribution in [0.15, 0.2) is 23.7 Å². The lowest BCUT2D eigenvalue weighted by atomic mass is 10.3. The van der Waals surface area contributed by atoms with Crippen LogP contribution >= 0.6 is 11.3 Å². The van der Waals surface area contributed by atoms with Crippen molar-refractivity contribution >= 4 is 23.3 Å². The molecule has 0 aromatic carbocycles. The zero-order valence-corrected chi connectivity index (χ0v) is 16.5. The Kier molecular flexibility index (Phi) is 7.58. The van der Waals surface area contributed by atoms with E-state index in [0.717, 1.165) is 24.5 Å². The molecule has 0 aliphatic carbocycles. The molecule has 0 amide bonds. The number of aromatic nitrogens is 3. The SMILES string of the molecule is CCOC(=O)c1sc(C(C)NC(=NC)NCCCn2ccnc2)nc1C. The van der Waals surface area contributed by atoms with Crippen molar-refractivity contribution in [3.05, 3.63) is 34.3 Å². The van der Waals surface area contributed by atoms with E-state index in [1.165, 1.54) is 11.3 Å². The van der Waals surface area contributed by atoms with Crippen molar-refractivity contribution in [1.29, 1.82) is 0 Å². The first-order chi connectivity index (χ1) is 12.5. The summed E-state index contributed by atoms with van der Waals surface area (Å²) >= 11 is 1.35. The van der Waals surface area contributed by atoms with E-state index in [0.29, 0.717) is 23.1 Å². The molecule has 0 aliphatic heterocycles. The number of carbonyl (C=O) groups is 1. The molecule has 0 saturated carbocycles. The van der Waals surface area contributed by atoms with Crippen LogP contribution in [0.5, 0.6) is 0 Å². The minimum absolute atomic E-state index is 0.0678. The second-order valence-corrected chi connectivity index (χ2v) is 6.74. The third kappa shape index (κ3) is 5.55. The Morgan fingerprint density at radius 2 is 2.31 bits per heavy atom. The monoisotopic (exact) mass is 378 g/mol. The van der Waals surface area contributed by atoms with Gasteiger partial charge in [-0.1, -0.05) is 0 Å². The van der Waals surface area contributed by atoms with Crippen molar-refractivity contribution in [2.24, 2.45) is 4.99 Å². The van der Waals surface area contributed by atoms with Crippen LogP contribution in [0.4, 0.5) is 0 Å². The molecular weight excluding hydrogens is 352 g/mol. The Bertz CT molecular complexity index is 726. The van der Waals surface area contributed by atoms with E-state index in [9.17, 15) is 4.79 Å². The van der Waals surface area contributed by atoms with Gasteiger partial charge in [-0.15, -0.1) is 11.3 Å². The van der Waals surface area contributed by atoms with E-state index in [-0.39, 0.29) is 12.0 Å². The Labute approximate surface area is 157 Å². The van der Waals surface area contributed by atoms with Gasteiger partial charge in [-0.25, -0.2) is 14.8 Å². The number of esters is 1. The van der Waals surface area contributed by atoms with Gasteiger partial charge in [0, 0.05) is 32.5 Å². The van der Waals surface area contributed by atoms with Crippen LogP contribution in [0, 0.1) is 6.92 Å². The normalized spacial score (nSPS) is 12.7. The van der Waals surface area contributed by atoms with Crippen LogP contribution in [-0.4, -0.2) is 46.7 Å². The van der Waals surface area contributed by atoms with Gasteiger partial charge in [0.25, 0.3) is 0 Å². The fourth-order valence-electron chi connectivity index (χ4n) is 2.34. The molecule has 8 nitrogen and oxygen atoms in total. The molecule has 1 unspecified atom stereocenters. The first-order valence-electron chi connectivity index (χ1n) is 8.62. The summed E-state index contributed by atoms with van der Waals surface area (Å²) in [5.74, 6) is 0.386. The van der Waals surface area contributed by atoms with Gasteiger partial charge < -0.3 is 19.9 Å². The highest BCUT2D eigenvalue weighted by Crippen LogP contribution is 2.24. The van der Waals surface area contributed by atoms with Crippen LogP contribution in [0.3, 0.4) is 0 Å². The maximum Gasteiger partial charge on any atom is 0.350 e. The number of aliphatic imine (C=N–C) groups is 1. The molecule has 0 bridgehead atoms. The van der Waals surface area contributed by atoms with Gasteiger partial charge >= 0.3 is 5.97 Å². The highest BCUT2D eigenvalue weighted by molar-refractivity contribution is 7.13. The van der Waals surface area contributed by atoms with Gasteiger partial charge in [0.15, 0.2) is 5.96 Å². The molecule has 1 atom stereocenters. The highest BCUT2D eigenvalue weighted by Gasteiger charge is 2.19. The fourth-order valence-corrected chi connectivity index (χ4v) is 3.30. The standard InChI is InChI=1S/C17H26N6O2S/c1-5-25-16(24)14-12(2)21-15(26-14)13(3)22-17(18-4)20-7-6-9-23-10-8-19-11-23/h8,10-11,13H,5-7,9H2,1-4H3,(H2,18,20,22). The van der Waals surface area contributed by atoms with Gasteiger partial charge in [0.05, 0.1) is 24.7 Å². The Morgan fingerprint density at radius 1 is 1.50 bits per heavy atom. The predicted octanol–water partition coefficient (Wildman–Crippen LogP) is 2.14. The van der Waals surface area contributed by atoms with Crippen LogP contribution in [0.25, 0.3) is 0 Å². The molecule has 0 fully saturated rings. The minimum atomic E-state index is -0.317. The predicted molar refractivity (Wildman–Crippen MR) is 103 cm³/mol. The Morgan fingerprint density at radius 3 is 2.96 bits per heavy atom. The van der Waals surface area contributed by atoms with Gasteiger partial charge in [-0.05, 0) is 27.2 Å². The summed E-state index contributed by atoms with van der Waals surface area (Å²) in [5, 5.41) is 7.42. The molecule has 0 aliphatic rings. The number of rotatable bonds is 8. The van der Waals surface area contributed by atoms with Crippen LogP contribution in [-0.2, 0) is 11.3 Å². The number of hydrogen-bond donors (Lipinski definition) is 2. The van der Waals surface area contributed by atoms with Gasteiger partial charge in [-0.2, -0.15) is 0 Å². The summed E-state index contributed by atoms with van der Waals surface area (Å²) in [5.41, 5.74) is 0.695. The maximum absolute atomic E-state index is 11.9. The second-order valence-electron chi connectivity index (χ2n) is 5.71. The number of carbonyl (C=O) groups excluding carboxylic acids is 1. The lowest BCUT2D eigenvalue weighted by Crippen LogP contribution is -2.39. The lowest BCUT2D eigenvalue weighted by Gasteiger charge is -2.16. The van der Waals surface area contributed by atoms with Crippen LogP contribution in [0.1, 0.15) is 46.7 Å². The summed E-state index contributed by atoms with van der Waals surface area (Å²) in [6, 6.07) is -0.0678. The summed E-state index contributed by atoms with van der Waals surface area (Å²) in [6.45, 7) is 7.65. The molecule has 2 rings (SSSR count). The summed E-state index contributed by atoms with van der Waals surface area (Å²) in [4.78, 5) is 25.3. The average Bonchev–Trinajstić information content (AvgIpc) is 3.27. The van der Waals surface area contributed by atoms with Crippen molar-refractivity contribution in [1.82, 2.24) is 25.2 Å². The van der Waals surface area contributed by atoms with Crippen molar-refractivity contribution < 1.29 is 9.53 Å². The van der Waals surface area contributed by atoms with E-state index in [4.69, 9.17) is 4.74 Å². The molecule has 0 radical (unpaired) electrons. The number of thiazole rings is 1. The average molecular weight is 379 g/mol. The molecule has 9 heteroatoms. The quantitative estimate of drug-likeness (QED) is 0.316. The third-order valence-corrected chi connectivity index (χ3v) is 4.99. The van der Waals surface area contributed by atoms with E-state index < -0.39 is 0 Å². The lowest BCUT2D eigenvalue weighted by molar-refractivity contribution is 0.0531. The minimum Gasteiger partial charge on any atom is -0.462 e. The van der Waals surface area contributed by atoms with E-state index in [1.54, 1.807) is 26.5 Å². The molecule has 2 aromatic heterocycles. The summed E-state index contributed by atoms with van der Waals surface area (Å²) in [6.07, 6.45) is 6.48. The molecule has 142 valence electrons. The molecular formula is C17H26N6O2S. The van der Waals surface area contributed by atoms with Crippen LogP contribution < -0.4 is 10.6 Å². The number of nitrogens with one attached hydrogen (secondary N) is 2. The van der Waals surface area contributed by atoms with Gasteiger partial charge in [0.1, 0.15) is 9.88 Å². The van der Waals surface area contributed by atoms with Crippen molar-refractivity contribution in [2.45, 2.75) is 39.8 Å². The van der Waals surface area contributed by atoms with Crippen LogP contribution in [0.2, 0.25) is 0 Å². The molecule has 0 spiro atoms. The largest absolute Gasteiger partial charge is 0.462 e.